The van der Waals surface area contributed by atoms with E-state index in [1.807, 2.05) is 24.3 Å². The number of halogens is 1. The van der Waals surface area contributed by atoms with Gasteiger partial charge in [-0.1, -0.05) is 6.07 Å². The second-order valence-electron chi connectivity index (χ2n) is 4.94. The fourth-order valence-corrected chi connectivity index (χ4v) is 2.55. The molecule has 1 fully saturated rings. The molecule has 4 heteroatoms. The minimum Gasteiger partial charge on any atom is -0.385 e. The predicted molar refractivity (Wildman–Crippen MR) is 79.7 cm³/mol. The van der Waals surface area contributed by atoms with Gasteiger partial charge in [-0.15, -0.1) is 0 Å². The molecule has 0 radical (unpaired) electrons. The summed E-state index contributed by atoms with van der Waals surface area (Å²) < 4.78 is 6.20. The van der Waals surface area contributed by atoms with E-state index in [2.05, 4.69) is 27.9 Å². The zero-order chi connectivity index (χ0) is 13.0. The third-order valence-electron chi connectivity index (χ3n) is 3.50. The van der Waals surface area contributed by atoms with Gasteiger partial charge in [-0.25, -0.2) is 0 Å². The van der Waals surface area contributed by atoms with Gasteiger partial charge >= 0.3 is 0 Å². The van der Waals surface area contributed by atoms with Crippen molar-refractivity contribution in [3.63, 3.8) is 0 Å². The van der Waals surface area contributed by atoms with Crippen molar-refractivity contribution >= 4 is 28.5 Å². The van der Waals surface area contributed by atoms with Gasteiger partial charge in [-0.3, -0.25) is 4.79 Å². The van der Waals surface area contributed by atoms with Gasteiger partial charge in [0.2, 0.25) is 0 Å². The van der Waals surface area contributed by atoms with Gasteiger partial charge in [0.1, 0.15) is 0 Å². The number of ether oxygens (including phenoxy) is 1. The smallest absolute Gasteiger partial charge is 0.251 e. The minimum atomic E-state index is 0.0252. The predicted octanol–water partition coefficient (Wildman–Crippen LogP) is 2.84. The van der Waals surface area contributed by atoms with E-state index in [-0.39, 0.29) is 5.91 Å². The minimum absolute atomic E-state index is 0.0252. The number of methoxy groups -OCH3 is 1. The maximum atomic E-state index is 12.0. The third kappa shape index (κ3) is 3.68. The van der Waals surface area contributed by atoms with Crippen LogP contribution >= 0.6 is 22.6 Å². The SMILES string of the molecule is COCCC1(CNC(=O)c2cccc(I)c2)CC1. The summed E-state index contributed by atoms with van der Waals surface area (Å²) in [7, 11) is 1.72. The van der Waals surface area contributed by atoms with E-state index in [0.29, 0.717) is 5.41 Å². The lowest BCUT2D eigenvalue weighted by atomic mass is 10.0. The Balaban J connectivity index is 1.85. The van der Waals surface area contributed by atoms with Gasteiger partial charge < -0.3 is 10.1 Å². The van der Waals surface area contributed by atoms with Crippen molar-refractivity contribution in [2.24, 2.45) is 5.41 Å². The quantitative estimate of drug-likeness (QED) is 0.794. The Bertz CT molecular complexity index is 430. The van der Waals surface area contributed by atoms with E-state index in [1.54, 1.807) is 7.11 Å². The van der Waals surface area contributed by atoms with Crippen LogP contribution in [-0.2, 0) is 4.74 Å². The monoisotopic (exact) mass is 359 g/mol. The van der Waals surface area contributed by atoms with Crippen LogP contribution in [0.4, 0.5) is 0 Å². The summed E-state index contributed by atoms with van der Waals surface area (Å²) in [5, 5.41) is 3.04. The number of hydrogen-bond acceptors (Lipinski definition) is 2. The molecule has 1 aliphatic carbocycles. The number of hydrogen-bond donors (Lipinski definition) is 1. The van der Waals surface area contributed by atoms with Crippen LogP contribution in [0.3, 0.4) is 0 Å². The van der Waals surface area contributed by atoms with E-state index < -0.39 is 0 Å². The summed E-state index contributed by atoms with van der Waals surface area (Å²) in [6, 6.07) is 7.66. The first-order valence-electron chi connectivity index (χ1n) is 6.18. The van der Waals surface area contributed by atoms with Crippen molar-refractivity contribution in [3.05, 3.63) is 33.4 Å². The lowest BCUT2D eigenvalue weighted by Crippen LogP contribution is -2.30. The van der Waals surface area contributed by atoms with Gasteiger partial charge in [0.05, 0.1) is 0 Å². The van der Waals surface area contributed by atoms with Crippen molar-refractivity contribution in [1.29, 1.82) is 0 Å². The Labute approximate surface area is 121 Å². The molecule has 1 aromatic carbocycles. The van der Waals surface area contributed by atoms with E-state index in [0.717, 1.165) is 28.7 Å². The largest absolute Gasteiger partial charge is 0.385 e. The number of benzene rings is 1. The van der Waals surface area contributed by atoms with Gasteiger partial charge in [-0.05, 0) is 65.5 Å². The van der Waals surface area contributed by atoms with E-state index in [4.69, 9.17) is 4.74 Å². The summed E-state index contributed by atoms with van der Waals surface area (Å²) in [5.74, 6) is 0.0252. The first-order valence-corrected chi connectivity index (χ1v) is 7.26. The number of carbonyl (C=O) groups is 1. The molecule has 18 heavy (non-hydrogen) atoms. The Morgan fingerprint density at radius 2 is 2.28 bits per heavy atom. The molecular weight excluding hydrogens is 341 g/mol. The molecule has 0 aliphatic heterocycles. The molecule has 1 amide bonds. The van der Waals surface area contributed by atoms with Gasteiger partial charge in [-0.2, -0.15) is 0 Å². The molecule has 1 aromatic rings. The van der Waals surface area contributed by atoms with Gasteiger partial charge in [0.25, 0.3) is 5.91 Å². The Morgan fingerprint density at radius 1 is 1.50 bits per heavy atom. The Kier molecular flexibility index (Phi) is 4.61. The van der Waals surface area contributed by atoms with E-state index in [1.165, 1.54) is 12.8 Å². The number of amides is 1. The molecule has 3 nitrogen and oxygen atoms in total. The van der Waals surface area contributed by atoms with E-state index >= 15 is 0 Å². The molecule has 2 rings (SSSR count). The highest BCUT2D eigenvalue weighted by Crippen LogP contribution is 2.48. The van der Waals surface area contributed by atoms with Crippen LogP contribution in [-0.4, -0.2) is 26.2 Å². The molecule has 98 valence electrons. The maximum Gasteiger partial charge on any atom is 0.251 e. The van der Waals surface area contributed by atoms with Crippen molar-refractivity contribution in [2.75, 3.05) is 20.3 Å². The highest BCUT2D eigenvalue weighted by Gasteiger charge is 2.42. The summed E-state index contributed by atoms with van der Waals surface area (Å²) in [6.45, 7) is 1.54. The second kappa shape index (κ2) is 6.02. The zero-order valence-electron chi connectivity index (χ0n) is 10.5. The normalized spacial score (nSPS) is 16.3. The van der Waals surface area contributed by atoms with Crippen LogP contribution in [0.15, 0.2) is 24.3 Å². The molecule has 0 unspecified atom stereocenters. The van der Waals surface area contributed by atoms with Crippen LogP contribution < -0.4 is 5.32 Å². The molecule has 0 spiro atoms. The average molecular weight is 359 g/mol. The zero-order valence-corrected chi connectivity index (χ0v) is 12.7. The molecule has 0 heterocycles. The van der Waals surface area contributed by atoms with Crippen molar-refractivity contribution < 1.29 is 9.53 Å². The molecule has 0 atom stereocenters. The second-order valence-corrected chi connectivity index (χ2v) is 6.18. The lowest BCUT2D eigenvalue weighted by Gasteiger charge is -2.15. The van der Waals surface area contributed by atoms with Gasteiger partial charge in [0.15, 0.2) is 0 Å². The number of carbonyl (C=O) groups excluding carboxylic acids is 1. The highest BCUT2D eigenvalue weighted by atomic mass is 127. The van der Waals surface area contributed by atoms with Crippen LogP contribution in [0.1, 0.15) is 29.6 Å². The van der Waals surface area contributed by atoms with Crippen molar-refractivity contribution in [1.82, 2.24) is 5.32 Å². The molecule has 1 saturated carbocycles. The molecule has 0 aromatic heterocycles. The fourth-order valence-electron chi connectivity index (χ4n) is 2.01. The maximum absolute atomic E-state index is 12.0. The van der Waals surface area contributed by atoms with Crippen LogP contribution in [0.2, 0.25) is 0 Å². The third-order valence-corrected chi connectivity index (χ3v) is 4.18. The van der Waals surface area contributed by atoms with Gasteiger partial charge in [0, 0.05) is 29.4 Å². The standard InChI is InChI=1S/C14H18INO2/c1-18-8-7-14(5-6-14)10-16-13(17)11-3-2-4-12(15)9-11/h2-4,9H,5-8,10H2,1H3,(H,16,17). The first-order chi connectivity index (χ1) is 8.65. The summed E-state index contributed by atoms with van der Waals surface area (Å²) in [5.41, 5.74) is 1.04. The van der Waals surface area contributed by atoms with Crippen molar-refractivity contribution in [3.8, 4) is 0 Å². The molecule has 1 N–H and O–H groups in total. The fraction of sp³-hybridized carbons (Fsp3) is 0.500. The summed E-state index contributed by atoms with van der Waals surface area (Å²) >= 11 is 2.22. The Hall–Kier alpha value is -0.620. The van der Waals surface area contributed by atoms with Crippen molar-refractivity contribution in [2.45, 2.75) is 19.3 Å². The molecule has 0 saturated heterocycles. The van der Waals surface area contributed by atoms with E-state index in [9.17, 15) is 4.79 Å². The summed E-state index contributed by atoms with van der Waals surface area (Å²) in [4.78, 5) is 12.0. The van der Waals surface area contributed by atoms with Crippen LogP contribution in [0.25, 0.3) is 0 Å². The molecular formula is C14H18INO2. The Morgan fingerprint density at radius 3 is 2.89 bits per heavy atom. The topological polar surface area (TPSA) is 38.3 Å². The molecule has 0 bridgehead atoms. The first kappa shape index (κ1) is 13.8. The van der Waals surface area contributed by atoms with Crippen LogP contribution in [0, 0.1) is 8.99 Å². The summed E-state index contributed by atoms with van der Waals surface area (Å²) in [6.07, 6.45) is 3.43. The lowest BCUT2D eigenvalue weighted by molar-refractivity contribution is 0.0938. The number of nitrogens with one attached hydrogen (secondary N) is 1. The van der Waals surface area contributed by atoms with Crippen LogP contribution in [0.5, 0.6) is 0 Å². The highest BCUT2D eigenvalue weighted by molar-refractivity contribution is 14.1. The molecule has 1 aliphatic rings. The average Bonchev–Trinajstić information content (AvgIpc) is 3.14. The number of rotatable bonds is 6.